The van der Waals surface area contributed by atoms with E-state index >= 15 is 0 Å². The second-order valence-electron chi connectivity index (χ2n) is 2.16. The molecule has 0 spiro atoms. The number of rotatable bonds is 1. The quantitative estimate of drug-likeness (QED) is 0.761. The number of halogens is 2. The van der Waals surface area contributed by atoms with Gasteiger partial charge in [-0.3, -0.25) is 0 Å². The van der Waals surface area contributed by atoms with Gasteiger partial charge in [-0.15, -0.1) is 12.4 Å². The smallest absolute Gasteiger partial charge is 0.118 e. The number of benzene rings is 1. The summed E-state index contributed by atoms with van der Waals surface area (Å²) in [6.45, 7) is 0. The Balaban J connectivity index is 0.00000121. The van der Waals surface area contributed by atoms with Crippen LogP contribution >= 0.6 is 24.0 Å². The van der Waals surface area contributed by atoms with E-state index in [4.69, 9.17) is 22.6 Å². The van der Waals surface area contributed by atoms with E-state index in [-0.39, 0.29) is 12.4 Å². The predicted molar refractivity (Wildman–Crippen MR) is 51.2 cm³/mol. The topological polar surface area (TPSA) is 49.8 Å². The lowest BCUT2D eigenvalue weighted by Gasteiger charge is -2.00. The number of hydrogen-bond donors (Lipinski definition) is 1. The van der Waals surface area contributed by atoms with E-state index < -0.39 is 6.04 Å². The molecule has 4 heteroatoms. The van der Waals surface area contributed by atoms with Gasteiger partial charge in [-0.2, -0.15) is 5.26 Å². The van der Waals surface area contributed by atoms with Gasteiger partial charge < -0.3 is 5.73 Å². The molecule has 0 heterocycles. The summed E-state index contributed by atoms with van der Waals surface area (Å²) in [7, 11) is 0. The molecule has 2 N–H and O–H groups in total. The van der Waals surface area contributed by atoms with Gasteiger partial charge in [0.15, 0.2) is 0 Å². The summed E-state index contributed by atoms with van der Waals surface area (Å²) in [6.07, 6.45) is 0. The minimum atomic E-state index is -0.549. The van der Waals surface area contributed by atoms with Crippen molar-refractivity contribution in [3.63, 3.8) is 0 Å². The molecule has 0 aliphatic heterocycles. The largest absolute Gasteiger partial charge is 0.312 e. The zero-order chi connectivity index (χ0) is 8.27. The Kier molecular flexibility index (Phi) is 4.68. The first-order chi connectivity index (χ1) is 5.24. The van der Waals surface area contributed by atoms with Crippen LogP contribution in [0.15, 0.2) is 24.3 Å². The van der Waals surface area contributed by atoms with Crippen LogP contribution in [0.5, 0.6) is 0 Å². The predicted octanol–water partition coefficient (Wildman–Crippen LogP) is 2.29. The average Bonchev–Trinajstić information content (AvgIpc) is 2.05. The highest BCUT2D eigenvalue weighted by atomic mass is 35.5. The van der Waals surface area contributed by atoms with Crippen molar-refractivity contribution < 1.29 is 0 Å². The van der Waals surface area contributed by atoms with E-state index in [1.54, 1.807) is 24.3 Å². The van der Waals surface area contributed by atoms with Crippen LogP contribution < -0.4 is 5.73 Å². The Morgan fingerprint density at radius 1 is 1.33 bits per heavy atom. The molecular weight excluding hydrogens is 195 g/mol. The molecule has 1 unspecified atom stereocenters. The van der Waals surface area contributed by atoms with E-state index in [1.165, 1.54) is 0 Å². The average molecular weight is 203 g/mol. The molecule has 0 fully saturated rings. The van der Waals surface area contributed by atoms with Gasteiger partial charge in [0.1, 0.15) is 6.04 Å². The van der Waals surface area contributed by atoms with Crippen molar-refractivity contribution in [2.45, 2.75) is 6.04 Å². The second-order valence-corrected chi connectivity index (χ2v) is 2.59. The molecule has 0 radical (unpaired) electrons. The monoisotopic (exact) mass is 202 g/mol. The zero-order valence-corrected chi connectivity index (χ0v) is 7.77. The normalized spacial score (nSPS) is 11.1. The molecule has 0 bridgehead atoms. The van der Waals surface area contributed by atoms with E-state index in [9.17, 15) is 0 Å². The fourth-order valence-corrected chi connectivity index (χ4v) is 0.871. The van der Waals surface area contributed by atoms with Gasteiger partial charge in [-0.1, -0.05) is 23.7 Å². The van der Waals surface area contributed by atoms with Crippen LogP contribution in [-0.4, -0.2) is 0 Å². The van der Waals surface area contributed by atoms with Gasteiger partial charge in [-0.05, 0) is 17.7 Å². The van der Waals surface area contributed by atoms with Crippen molar-refractivity contribution in [3.8, 4) is 6.07 Å². The van der Waals surface area contributed by atoms with Crippen LogP contribution in [0.3, 0.4) is 0 Å². The number of nitrogens with zero attached hydrogens (tertiary/aromatic N) is 1. The summed E-state index contributed by atoms with van der Waals surface area (Å²) in [5, 5.41) is 9.10. The van der Waals surface area contributed by atoms with Crippen LogP contribution in [0.2, 0.25) is 5.02 Å². The first-order valence-electron chi connectivity index (χ1n) is 3.14. The third-order valence-corrected chi connectivity index (χ3v) is 1.62. The Morgan fingerprint density at radius 3 is 2.25 bits per heavy atom. The molecule has 0 saturated heterocycles. The molecule has 1 aromatic carbocycles. The molecule has 1 aromatic rings. The van der Waals surface area contributed by atoms with Crippen LogP contribution in [0, 0.1) is 11.3 Å². The minimum Gasteiger partial charge on any atom is -0.312 e. The highest BCUT2D eigenvalue weighted by molar-refractivity contribution is 6.30. The maximum absolute atomic E-state index is 8.45. The molecule has 0 aliphatic rings. The zero-order valence-electron chi connectivity index (χ0n) is 6.20. The van der Waals surface area contributed by atoms with Crippen LogP contribution in [0.4, 0.5) is 0 Å². The van der Waals surface area contributed by atoms with Crippen LogP contribution in [-0.2, 0) is 0 Å². The molecule has 1 rings (SSSR count). The van der Waals surface area contributed by atoms with Gasteiger partial charge in [-0.25, -0.2) is 0 Å². The maximum atomic E-state index is 8.45. The van der Waals surface area contributed by atoms with Crippen molar-refractivity contribution in [3.05, 3.63) is 34.9 Å². The van der Waals surface area contributed by atoms with Crippen LogP contribution in [0.1, 0.15) is 11.6 Å². The van der Waals surface area contributed by atoms with E-state index in [0.717, 1.165) is 5.56 Å². The highest BCUT2D eigenvalue weighted by Gasteiger charge is 2.01. The Hall–Kier alpha value is -0.750. The maximum Gasteiger partial charge on any atom is 0.118 e. The van der Waals surface area contributed by atoms with Crippen molar-refractivity contribution >= 4 is 24.0 Å². The van der Waals surface area contributed by atoms with E-state index in [0.29, 0.717) is 5.02 Å². The molecule has 12 heavy (non-hydrogen) atoms. The first-order valence-corrected chi connectivity index (χ1v) is 3.52. The Morgan fingerprint density at radius 2 is 1.83 bits per heavy atom. The lowest BCUT2D eigenvalue weighted by molar-refractivity contribution is 0.926. The highest BCUT2D eigenvalue weighted by Crippen LogP contribution is 2.13. The second kappa shape index (κ2) is 5.00. The number of nitriles is 1. The SMILES string of the molecule is Cl.N#CC(N)c1ccc(Cl)cc1. The van der Waals surface area contributed by atoms with Crippen molar-refractivity contribution in [2.75, 3.05) is 0 Å². The fourth-order valence-electron chi connectivity index (χ4n) is 0.745. The van der Waals surface area contributed by atoms with Gasteiger partial charge in [0.2, 0.25) is 0 Å². The Labute approximate surface area is 82.4 Å². The molecule has 0 amide bonds. The molecule has 0 saturated carbocycles. The summed E-state index contributed by atoms with van der Waals surface area (Å²) in [6, 6.07) is 8.31. The third-order valence-electron chi connectivity index (χ3n) is 1.37. The van der Waals surface area contributed by atoms with E-state index in [2.05, 4.69) is 0 Å². The lowest BCUT2D eigenvalue weighted by Crippen LogP contribution is -2.06. The molecule has 0 aliphatic carbocycles. The van der Waals surface area contributed by atoms with Gasteiger partial charge >= 0.3 is 0 Å². The molecule has 64 valence electrons. The standard InChI is InChI=1S/C8H7ClN2.ClH/c9-7-3-1-6(2-4-7)8(11)5-10;/h1-4,8H,11H2;1H. The number of hydrogen-bond acceptors (Lipinski definition) is 2. The van der Waals surface area contributed by atoms with Gasteiger partial charge in [0.25, 0.3) is 0 Å². The summed E-state index contributed by atoms with van der Waals surface area (Å²) < 4.78 is 0. The van der Waals surface area contributed by atoms with Gasteiger partial charge in [0, 0.05) is 5.02 Å². The summed E-state index contributed by atoms with van der Waals surface area (Å²) in [4.78, 5) is 0. The molecule has 2 nitrogen and oxygen atoms in total. The molecule has 1 atom stereocenters. The minimum absolute atomic E-state index is 0. The third kappa shape index (κ3) is 2.71. The van der Waals surface area contributed by atoms with Crippen molar-refractivity contribution in [1.82, 2.24) is 0 Å². The first kappa shape index (κ1) is 11.2. The molecule has 0 aromatic heterocycles. The summed E-state index contributed by atoms with van der Waals surface area (Å²) in [5.41, 5.74) is 6.23. The summed E-state index contributed by atoms with van der Waals surface area (Å²) in [5.74, 6) is 0. The fraction of sp³-hybridized carbons (Fsp3) is 0.125. The van der Waals surface area contributed by atoms with Crippen molar-refractivity contribution in [1.29, 1.82) is 5.26 Å². The van der Waals surface area contributed by atoms with Crippen LogP contribution in [0.25, 0.3) is 0 Å². The van der Waals surface area contributed by atoms with Gasteiger partial charge in [0.05, 0.1) is 6.07 Å². The van der Waals surface area contributed by atoms with E-state index in [1.807, 2.05) is 6.07 Å². The lowest BCUT2D eigenvalue weighted by atomic mass is 10.1. The molecular formula is C8H8Cl2N2. The summed E-state index contributed by atoms with van der Waals surface area (Å²) >= 11 is 5.64. The number of nitrogens with two attached hydrogens (primary N) is 1. The Bertz CT molecular complexity index is 276. The van der Waals surface area contributed by atoms with Crippen molar-refractivity contribution in [2.24, 2.45) is 5.73 Å².